The number of unbranched alkanes of at least 4 members (excludes halogenated alkanes) is 1. The highest BCUT2D eigenvalue weighted by Crippen LogP contribution is 2.21. The quantitative estimate of drug-likeness (QED) is 0.804. The van der Waals surface area contributed by atoms with E-state index < -0.39 is 10.0 Å². The number of aromatic nitrogens is 2. The fourth-order valence-electron chi connectivity index (χ4n) is 2.83. The molecule has 0 aliphatic heterocycles. The number of nitrogens with one attached hydrogen (secondary N) is 1. The first kappa shape index (κ1) is 17.9. The molecular weight excluding hydrogens is 310 g/mol. The van der Waals surface area contributed by atoms with Crippen molar-refractivity contribution in [3.05, 3.63) is 29.6 Å². The van der Waals surface area contributed by atoms with Crippen molar-refractivity contribution in [2.24, 2.45) is 0 Å². The summed E-state index contributed by atoms with van der Waals surface area (Å²) < 4.78 is 28.5. The van der Waals surface area contributed by atoms with E-state index in [4.69, 9.17) is 0 Å². The third kappa shape index (κ3) is 4.54. The molecule has 1 heterocycles. The van der Waals surface area contributed by atoms with Gasteiger partial charge in [0.2, 0.25) is 10.0 Å². The van der Waals surface area contributed by atoms with Crippen LogP contribution >= 0.6 is 0 Å². The van der Waals surface area contributed by atoms with E-state index in [0.29, 0.717) is 25.4 Å². The van der Waals surface area contributed by atoms with Gasteiger partial charge in [0.1, 0.15) is 5.82 Å². The largest absolute Gasteiger partial charge is 0.326 e. The molecule has 23 heavy (non-hydrogen) atoms. The number of imidazole rings is 1. The standard InChI is InChI=1S/C17H27N3O2S/c1-5-6-11-23(21,22)18-10-9-15-7-8-17-16(12-15)19-14(4)20(17)13(2)3/h7-8,12-13,18H,5-6,9-11H2,1-4H3. The Morgan fingerprint density at radius 2 is 2.04 bits per heavy atom. The van der Waals surface area contributed by atoms with Crippen LogP contribution in [-0.4, -0.2) is 30.3 Å². The summed E-state index contributed by atoms with van der Waals surface area (Å²) in [7, 11) is -3.14. The second kappa shape index (κ2) is 7.45. The summed E-state index contributed by atoms with van der Waals surface area (Å²) in [6.45, 7) is 8.73. The Labute approximate surface area is 139 Å². The van der Waals surface area contributed by atoms with Gasteiger partial charge in [-0.2, -0.15) is 0 Å². The SMILES string of the molecule is CCCCS(=O)(=O)NCCc1ccc2c(c1)nc(C)n2C(C)C. The zero-order valence-electron chi connectivity index (χ0n) is 14.5. The van der Waals surface area contributed by atoms with E-state index in [2.05, 4.69) is 46.3 Å². The van der Waals surface area contributed by atoms with E-state index in [1.807, 2.05) is 13.8 Å². The fraction of sp³-hybridized carbons (Fsp3) is 0.588. The number of hydrogen-bond acceptors (Lipinski definition) is 3. The van der Waals surface area contributed by atoms with Crippen LogP contribution < -0.4 is 4.72 Å². The highest BCUT2D eigenvalue weighted by molar-refractivity contribution is 7.89. The van der Waals surface area contributed by atoms with Gasteiger partial charge in [-0.3, -0.25) is 0 Å². The molecule has 128 valence electrons. The average Bonchev–Trinajstić information content (AvgIpc) is 2.80. The summed E-state index contributed by atoms with van der Waals surface area (Å²) >= 11 is 0. The maximum atomic E-state index is 11.8. The Morgan fingerprint density at radius 1 is 1.30 bits per heavy atom. The van der Waals surface area contributed by atoms with Gasteiger partial charge in [-0.05, 0) is 51.3 Å². The highest BCUT2D eigenvalue weighted by atomic mass is 32.2. The number of nitrogens with zero attached hydrogens (tertiary/aromatic N) is 2. The second-order valence-corrected chi connectivity index (χ2v) is 8.19. The highest BCUT2D eigenvalue weighted by Gasteiger charge is 2.11. The van der Waals surface area contributed by atoms with Crippen LogP contribution in [0.3, 0.4) is 0 Å². The third-order valence-corrected chi connectivity index (χ3v) is 5.42. The van der Waals surface area contributed by atoms with E-state index in [1.165, 1.54) is 0 Å². The molecule has 0 bridgehead atoms. The van der Waals surface area contributed by atoms with Gasteiger partial charge in [-0.1, -0.05) is 19.4 Å². The number of benzene rings is 1. The molecule has 0 aliphatic carbocycles. The van der Waals surface area contributed by atoms with Crippen molar-refractivity contribution in [1.82, 2.24) is 14.3 Å². The van der Waals surface area contributed by atoms with Crippen molar-refractivity contribution < 1.29 is 8.42 Å². The van der Waals surface area contributed by atoms with Crippen LogP contribution in [0.2, 0.25) is 0 Å². The summed E-state index contributed by atoms with van der Waals surface area (Å²) in [4.78, 5) is 4.62. The Bertz CT molecular complexity index is 763. The predicted molar refractivity (Wildman–Crippen MR) is 95.3 cm³/mol. The third-order valence-electron chi connectivity index (χ3n) is 3.95. The lowest BCUT2D eigenvalue weighted by Gasteiger charge is -2.11. The van der Waals surface area contributed by atoms with Crippen LogP contribution in [0.5, 0.6) is 0 Å². The summed E-state index contributed by atoms with van der Waals surface area (Å²) in [6.07, 6.45) is 2.26. The molecule has 0 spiro atoms. The van der Waals surface area contributed by atoms with E-state index in [9.17, 15) is 8.42 Å². The van der Waals surface area contributed by atoms with E-state index in [0.717, 1.165) is 28.8 Å². The normalized spacial score (nSPS) is 12.4. The predicted octanol–water partition coefficient (Wildman–Crippen LogP) is 3.19. The molecule has 1 aromatic heterocycles. The molecule has 1 aromatic carbocycles. The first-order chi connectivity index (χ1) is 10.8. The molecule has 0 saturated carbocycles. The van der Waals surface area contributed by atoms with E-state index in [-0.39, 0.29) is 5.75 Å². The van der Waals surface area contributed by atoms with E-state index in [1.54, 1.807) is 0 Å². The van der Waals surface area contributed by atoms with Crippen molar-refractivity contribution in [3.8, 4) is 0 Å². The van der Waals surface area contributed by atoms with Gasteiger partial charge in [-0.15, -0.1) is 0 Å². The van der Waals surface area contributed by atoms with Gasteiger partial charge in [0.25, 0.3) is 0 Å². The van der Waals surface area contributed by atoms with Crippen LogP contribution in [0.4, 0.5) is 0 Å². The maximum absolute atomic E-state index is 11.8. The average molecular weight is 337 g/mol. The minimum Gasteiger partial charge on any atom is -0.326 e. The van der Waals surface area contributed by atoms with Gasteiger partial charge in [-0.25, -0.2) is 18.1 Å². The lowest BCUT2D eigenvalue weighted by molar-refractivity contribution is 0.578. The number of aryl methyl sites for hydroxylation is 1. The lowest BCUT2D eigenvalue weighted by Crippen LogP contribution is -2.28. The zero-order chi connectivity index (χ0) is 17.0. The van der Waals surface area contributed by atoms with Gasteiger partial charge >= 0.3 is 0 Å². The number of sulfonamides is 1. The van der Waals surface area contributed by atoms with E-state index >= 15 is 0 Å². The molecule has 6 heteroatoms. The lowest BCUT2D eigenvalue weighted by atomic mass is 10.1. The zero-order valence-corrected chi connectivity index (χ0v) is 15.3. The van der Waals surface area contributed by atoms with Crippen molar-refractivity contribution in [2.75, 3.05) is 12.3 Å². The van der Waals surface area contributed by atoms with Crippen molar-refractivity contribution in [2.45, 2.75) is 53.0 Å². The molecule has 5 nitrogen and oxygen atoms in total. The minimum atomic E-state index is -3.14. The summed E-state index contributed by atoms with van der Waals surface area (Å²) in [5.74, 6) is 1.22. The molecule has 0 radical (unpaired) electrons. The first-order valence-electron chi connectivity index (χ1n) is 8.29. The number of fused-ring (bicyclic) bond motifs is 1. The summed E-state index contributed by atoms with van der Waals surface area (Å²) in [5.41, 5.74) is 3.21. The topological polar surface area (TPSA) is 64.0 Å². The maximum Gasteiger partial charge on any atom is 0.211 e. The van der Waals surface area contributed by atoms with Crippen molar-refractivity contribution in [3.63, 3.8) is 0 Å². The van der Waals surface area contributed by atoms with Crippen LogP contribution in [-0.2, 0) is 16.4 Å². The number of rotatable bonds is 8. The monoisotopic (exact) mass is 337 g/mol. The van der Waals surface area contributed by atoms with Gasteiger partial charge < -0.3 is 4.57 Å². The molecule has 0 unspecified atom stereocenters. The molecular formula is C17H27N3O2S. The minimum absolute atomic E-state index is 0.209. The molecule has 2 rings (SSSR count). The Morgan fingerprint density at radius 3 is 2.70 bits per heavy atom. The summed E-state index contributed by atoms with van der Waals surface area (Å²) in [5, 5.41) is 0. The molecule has 0 saturated heterocycles. The van der Waals surface area contributed by atoms with Crippen molar-refractivity contribution in [1.29, 1.82) is 0 Å². The molecule has 0 aliphatic rings. The van der Waals surface area contributed by atoms with Gasteiger partial charge in [0.05, 0.1) is 16.8 Å². The molecule has 1 N–H and O–H groups in total. The van der Waals surface area contributed by atoms with Crippen LogP contribution in [0.25, 0.3) is 11.0 Å². The van der Waals surface area contributed by atoms with Gasteiger partial charge in [0, 0.05) is 12.6 Å². The summed E-state index contributed by atoms with van der Waals surface area (Å²) in [6, 6.07) is 6.57. The van der Waals surface area contributed by atoms with Crippen LogP contribution in [0.15, 0.2) is 18.2 Å². The first-order valence-corrected chi connectivity index (χ1v) is 9.94. The smallest absolute Gasteiger partial charge is 0.211 e. The molecule has 0 fully saturated rings. The Balaban J connectivity index is 2.05. The second-order valence-electron chi connectivity index (χ2n) is 6.26. The van der Waals surface area contributed by atoms with Gasteiger partial charge in [0.15, 0.2) is 0 Å². The molecule has 2 aromatic rings. The molecule has 0 amide bonds. The Kier molecular flexibility index (Phi) is 5.81. The van der Waals surface area contributed by atoms with Crippen LogP contribution in [0, 0.1) is 6.92 Å². The molecule has 0 atom stereocenters. The Hall–Kier alpha value is -1.40. The fourth-order valence-corrected chi connectivity index (χ4v) is 4.06. The number of hydrogen-bond donors (Lipinski definition) is 1. The van der Waals surface area contributed by atoms with Crippen LogP contribution in [0.1, 0.15) is 51.0 Å². The van der Waals surface area contributed by atoms with Crippen molar-refractivity contribution >= 4 is 21.1 Å².